The predicted molar refractivity (Wildman–Crippen MR) is 95.0 cm³/mol. The zero-order chi connectivity index (χ0) is 16.8. The third-order valence-corrected chi connectivity index (χ3v) is 4.33. The zero-order valence-corrected chi connectivity index (χ0v) is 14.9. The Kier molecular flexibility index (Phi) is 6.72. The van der Waals surface area contributed by atoms with E-state index in [4.69, 9.17) is 34.8 Å². The van der Waals surface area contributed by atoms with Crippen molar-refractivity contribution >= 4 is 40.7 Å². The van der Waals surface area contributed by atoms with Crippen LogP contribution in [0.5, 0.6) is 0 Å². The molecule has 0 unspecified atom stereocenters. The number of hydrogen-bond acceptors (Lipinski definition) is 1. The Bertz CT molecular complexity index is 674. The largest absolute Gasteiger partial charge is 0.347 e. The molecule has 0 bridgehead atoms. The highest BCUT2D eigenvalue weighted by Crippen LogP contribution is 2.24. The van der Waals surface area contributed by atoms with Crippen molar-refractivity contribution in [1.82, 2.24) is 5.32 Å². The molecule has 2 aromatic rings. The monoisotopic (exact) mass is 371 g/mol. The minimum absolute atomic E-state index is 0.0307. The van der Waals surface area contributed by atoms with E-state index in [-0.39, 0.29) is 11.9 Å². The maximum absolute atomic E-state index is 11.9. The molecule has 0 aliphatic heterocycles. The molecule has 3 N–H and O–H groups in total. The Morgan fingerprint density at radius 2 is 1.74 bits per heavy atom. The highest BCUT2D eigenvalue weighted by molar-refractivity contribution is 6.35. The number of nitrogens with two attached hydrogens (primary N) is 1. The lowest BCUT2D eigenvalue weighted by atomic mass is 10.1. The summed E-state index contributed by atoms with van der Waals surface area (Å²) in [5, 5.41) is 6.72. The molecule has 23 heavy (non-hydrogen) atoms. The Labute approximate surface area is 150 Å². The normalized spacial score (nSPS) is 12.0. The van der Waals surface area contributed by atoms with Crippen LogP contribution in [-0.4, -0.2) is 12.5 Å². The molecule has 1 amide bonds. The smallest absolute Gasteiger partial charge is 0.275 e. The summed E-state index contributed by atoms with van der Waals surface area (Å²) in [7, 11) is 0. The Morgan fingerprint density at radius 3 is 2.39 bits per heavy atom. The molecule has 0 radical (unpaired) electrons. The summed E-state index contributed by atoms with van der Waals surface area (Å²) in [4.78, 5) is 11.9. The molecule has 0 aromatic heterocycles. The highest BCUT2D eigenvalue weighted by atomic mass is 35.5. The topological polar surface area (TPSA) is 45.7 Å². The first-order valence-corrected chi connectivity index (χ1v) is 8.38. The van der Waals surface area contributed by atoms with Gasteiger partial charge in [0.05, 0.1) is 5.02 Å². The van der Waals surface area contributed by atoms with Crippen LogP contribution in [0.25, 0.3) is 0 Å². The second kappa shape index (κ2) is 8.55. The van der Waals surface area contributed by atoms with Gasteiger partial charge in [-0.2, -0.15) is 0 Å². The third kappa shape index (κ3) is 5.70. The number of hydrogen-bond donors (Lipinski definition) is 2. The van der Waals surface area contributed by atoms with E-state index in [1.165, 1.54) is 0 Å². The second-order valence-corrected chi connectivity index (χ2v) is 6.58. The number of carbonyl (C=O) groups excluding carboxylic acids is 1. The first kappa shape index (κ1) is 18.1. The van der Waals surface area contributed by atoms with Crippen molar-refractivity contribution in [2.75, 3.05) is 6.54 Å². The zero-order valence-electron chi connectivity index (χ0n) is 12.7. The number of benzene rings is 2. The van der Waals surface area contributed by atoms with E-state index in [1.54, 1.807) is 24.3 Å². The predicted octanol–water partition coefficient (Wildman–Crippen LogP) is 3.59. The van der Waals surface area contributed by atoms with E-state index < -0.39 is 0 Å². The van der Waals surface area contributed by atoms with Gasteiger partial charge in [0.15, 0.2) is 6.54 Å². The van der Waals surface area contributed by atoms with Crippen LogP contribution in [0.1, 0.15) is 24.1 Å². The maximum Gasteiger partial charge on any atom is 0.275 e. The summed E-state index contributed by atoms with van der Waals surface area (Å²) in [5.74, 6) is -0.0307. The molecule has 0 saturated heterocycles. The third-order valence-electron chi connectivity index (χ3n) is 3.51. The van der Waals surface area contributed by atoms with E-state index in [1.807, 2.05) is 30.4 Å². The van der Waals surface area contributed by atoms with Crippen LogP contribution in [0, 0.1) is 0 Å². The first-order valence-electron chi connectivity index (χ1n) is 7.25. The van der Waals surface area contributed by atoms with Crippen molar-refractivity contribution in [2.24, 2.45) is 0 Å². The van der Waals surface area contributed by atoms with Crippen LogP contribution in [0.3, 0.4) is 0 Å². The standard InChI is InChI=1S/C17H17Cl3N2O/c1-11(15-7-6-14(19)8-16(15)20)21-10-17(23)22-9-12-2-4-13(18)5-3-12/h2-8,11,21H,9-10H2,1H3,(H,22,23)/p+1/t11-/m0/s1. The SMILES string of the molecule is C[C@H]([NH2+]CC(=O)NCc1ccc(Cl)cc1)c1ccc(Cl)cc1Cl. The summed E-state index contributed by atoms with van der Waals surface area (Å²) >= 11 is 17.9. The molecule has 0 aliphatic rings. The molecule has 6 heteroatoms. The fourth-order valence-corrected chi connectivity index (χ4v) is 2.86. The number of quaternary nitrogens is 1. The van der Waals surface area contributed by atoms with Crippen LogP contribution in [0.2, 0.25) is 15.1 Å². The van der Waals surface area contributed by atoms with Crippen molar-refractivity contribution in [1.29, 1.82) is 0 Å². The van der Waals surface area contributed by atoms with Gasteiger partial charge in [-0.25, -0.2) is 0 Å². The van der Waals surface area contributed by atoms with Crippen molar-refractivity contribution in [3.05, 3.63) is 68.7 Å². The highest BCUT2D eigenvalue weighted by Gasteiger charge is 2.14. The molecule has 1 atom stereocenters. The van der Waals surface area contributed by atoms with Crippen LogP contribution in [0.15, 0.2) is 42.5 Å². The van der Waals surface area contributed by atoms with Gasteiger partial charge in [-0.3, -0.25) is 4.79 Å². The quantitative estimate of drug-likeness (QED) is 0.800. The summed E-state index contributed by atoms with van der Waals surface area (Å²) in [6.45, 7) is 2.81. The number of carbonyl (C=O) groups is 1. The maximum atomic E-state index is 11.9. The lowest BCUT2D eigenvalue weighted by molar-refractivity contribution is -0.682. The first-order chi connectivity index (χ1) is 11.0. The van der Waals surface area contributed by atoms with Crippen LogP contribution >= 0.6 is 34.8 Å². The molecule has 3 nitrogen and oxygen atoms in total. The van der Waals surface area contributed by atoms with Crippen LogP contribution in [-0.2, 0) is 11.3 Å². The van der Waals surface area contributed by atoms with E-state index in [9.17, 15) is 4.79 Å². The molecule has 2 rings (SSSR count). The van der Waals surface area contributed by atoms with Crippen molar-refractivity contribution < 1.29 is 10.1 Å². The average Bonchev–Trinajstić information content (AvgIpc) is 2.52. The summed E-state index contributed by atoms with van der Waals surface area (Å²) in [6.07, 6.45) is 0. The fourth-order valence-electron chi connectivity index (χ4n) is 2.16. The van der Waals surface area contributed by atoms with Gasteiger partial charge in [-0.05, 0) is 36.8 Å². The van der Waals surface area contributed by atoms with Crippen molar-refractivity contribution in [3.63, 3.8) is 0 Å². The van der Waals surface area contributed by atoms with Gasteiger partial charge in [0.1, 0.15) is 6.04 Å². The Hall–Kier alpha value is -1.26. The molecule has 0 heterocycles. The molecular weight excluding hydrogens is 355 g/mol. The van der Waals surface area contributed by atoms with Crippen LogP contribution < -0.4 is 10.6 Å². The van der Waals surface area contributed by atoms with E-state index in [0.717, 1.165) is 11.1 Å². The number of halogens is 3. The Balaban J connectivity index is 1.80. The molecule has 0 spiro atoms. The van der Waals surface area contributed by atoms with E-state index in [2.05, 4.69) is 5.32 Å². The average molecular weight is 373 g/mol. The van der Waals surface area contributed by atoms with Gasteiger partial charge >= 0.3 is 0 Å². The summed E-state index contributed by atoms with van der Waals surface area (Å²) in [6, 6.07) is 12.9. The van der Waals surface area contributed by atoms with Gasteiger partial charge in [0.25, 0.3) is 5.91 Å². The van der Waals surface area contributed by atoms with Gasteiger partial charge in [-0.15, -0.1) is 0 Å². The van der Waals surface area contributed by atoms with Gasteiger partial charge < -0.3 is 10.6 Å². The van der Waals surface area contributed by atoms with Gasteiger partial charge in [0.2, 0.25) is 0 Å². The molecule has 2 aromatic carbocycles. The van der Waals surface area contributed by atoms with E-state index in [0.29, 0.717) is 28.2 Å². The van der Waals surface area contributed by atoms with Gasteiger partial charge in [-0.1, -0.05) is 53.0 Å². The molecular formula is C17H18Cl3N2O+. The molecule has 122 valence electrons. The lowest BCUT2D eigenvalue weighted by Gasteiger charge is -2.13. The second-order valence-electron chi connectivity index (χ2n) is 5.30. The minimum Gasteiger partial charge on any atom is -0.347 e. The fraction of sp³-hybridized carbons (Fsp3) is 0.235. The van der Waals surface area contributed by atoms with Crippen LogP contribution in [0.4, 0.5) is 0 Å². The molecule has 0 aliphatic carbocycles. The lowest BCUT2D eigenvalue weighted by Crippen LogP contribution is -2.87. The van der Waals surface area contributed by atoms with Crippen molar-refractivity contribution in [2.45, 2.75) is 19.5 Å². The Morgan fingerprint density at radius 1 is 1.09 bits per heavy atom. The molecule has 0 saturated carbocycles. The van der Waals surface area contributed by atoms with Gasteiger partial charge in [0, 0.05) is 22.2 Å². The van der Waals surface area contributed by atoms with Crippen molar-refractivity contribution in [3.8, 4) is 0 Å². The number of rotatable bonds is 6. The van der Waals surface area contributed by atoms with E-state index >= 15 is 0 Å². The number of amides is 1. The summed E-state index contributed by atoms with van der Waals surface area (Å²) in [5.41, 5.74) is 1.97. The summed E-state index contributed by atoms with van der Waals surface area (Å²) < 4.78 is 0. The molecule has 0 fully saturated rings. The number of nitrogens with one attached hydrogen (secondary N) is 1. The minimum atomic E-state index is -0.0307.